The summed E-state index contributed by atoms with van der Waals surface area (Å²) in [6, 6.07) is 15.8. The molecule has 0 saturated carbocycles. The van der Waals surface area contributed by atoms with E-state index >= 15 is 0 Å². The highest BCUT2D eigenvalue weighted by Crippen LogP contribution is 2.33. The lowest BCUT2D eigenvalue weighted by atomic mass is 10.0. The minimum absolute atomic E-state index is 0.107. The molecule has 39 heavy (non-hydrogen) atoms. The van der Waals surface area contributed by atoms with Crippen molar-refractivity contribution in [1.29, 1.82) is 0 Å². The summed E-state index contributed by atoms with van der Waals surface area (Å²) in [6.07, 6.45) is 4.84. The maximum Gasteiger partial charge on any atom is 0.264 e. The normalized spacial score (nSPS) is 13.9. The van der Waals surface area contributed by atoms with Crippen LogP contribution in [0.4, 0.5) is 17.1 Å². The number of amides is 1. The number of hydrogen-bond acceptors (Lipinski definition) is 6. The zero-order valence-electron chi connectivity index (χ0n) is 22.4. The van der Waals surface area contributed by atoms with Crippen LogP contribution in [0.5, 0.6) is 5.75 Å². The quantitative estimate of drug-likeness (QED) is 0.279. The molecule has 204 valence electrons. The van der Waals surface area contributed by atoms with E-state index in [4.69, 9.17) is 9.15 Å². The Bertz CT molecular complexity index is 1600. The molecule has 9 heteroatoms. The number of rotatable bonds is 8. The molecule has 3 aromatic carbocycles. The van der Waals surface area contributed by atoms with Crippen molar-refractivity contribution >= 4 is 44.0 Å². The minimum atomic E-state index is -3.96. The Morgan fingerprint density at radius 1 is 0.949 bits per heavy atom. The monoisotopic (exact) mass is 547 g/mol. The molecular formula is C30H33N3O5S. The van der Waals surface area contributed by atoms with E-state index in [1.807, 2.05) is 26.0 Å². The molecule has 1 aliphatic rings. The van der Waals surface area contributed by atoms with Crippen LogP contribution in [0.2, 0.25) is 0 Å². The number of methoxy groups -OCH3 is 1. The molecule has 1 amide bonds. The molecule has 0 aliphatic carbocycles. The zero-order valence-corrected chi connectivity index (χ0v) is 23.2. The van der Waals surface area contributed by atoms with Crippen LogP contribution < -0.4 is 19.7 Å². The number of aryl methyl sites for hydroxylation is 2. The van der Waals surface area contributed by atoms with Crippen molar-refractivity contribution in [2.75, 3.05) is 35.1 Å². The van der Waals surface area contributed by atoms with Crippen LogP contribution in [0, 0.1) is 13.8 Å². The van der Waals surface area contributed by atoms with Crippen molar-refractivity contribution in [3.8, 4) is 5.75 Å². The first kappa shape index (κ1) is 26.6. The number of anilines is 3. The summed E-state index contributed by atoms with van der Waals surface area (Å²) in [5, 5.41) is 3.79. The van der Waals surface area contributed by atoms with Gasteiger partial charge in [0.1, 0.15) is 16.2 Å². The SMILES string of the molecule is COc1ccc(NS(=O)(=O)c2cc(NC(=O)Cc3coc4cc(C)c(C)cc34)ccc2N2CCCCC2)cc1. The molecule has 2 heterocycles. The van der Waals surface area contributed by atoms with Crippen LogP contribution in [0.25, 0.3) is 11.0 Å². The molecule has 1 aliphatic heterocycles. The number of benzene rings is 3. The molecule has 4 aromatic rings. The molecular weight excluding hydrogens is 514 g/mol. The van der Waals surface area contributed by atoms with Crippen molar-refractivity contribution in [1.82, 2.24) is 0 Å². The second kappa shape index (κ2) is 11.0. The van der Waals surface area contributed by atoms with Crippen LogP contribution in [0.1, 0.15) is 36.0 Å². The van der Waals surface area contributed by atoms with Gasteiger partial charge in [-0.1, -0.05) is 0 Å². The summed E-state index contributed by atoms with van der Waals surface area (Å²) in [7, 11) is -2.40. The average molecular weight is 548 g/mol. The number of carbonyl (C=O) groups is 1. The molecule has 1 fully saturated rings. The Kier molecular flexibility index (Phi) is 7.52. The van der Waals surface area contributed by atoms with E-state index in [2.05, 4.69) is 14.9 Å². The molecule has 0 atom stereocenters. The minimum Gasteiger partial charge on any atom is -0.497 e. The van der Waals surface area contributed by atoms with E-state index in [-0.39, 0.29) is 17.2 Å². The van der Waals surface area contributed by atoms with Gasteiger partial charge in [-0.15, -0.1) is 0 Å². The third-order valence-electron chi connectivity index (χ3n) is 7.19. The lowest BCUT2D eigenvalue weighted by Crippen LogP contribution is -2.31. The standard InChI is InChI=1S/C30H33N3O5S/c1-20-15-26-22(19-38-28(26)16-21(20)2)17-30(34)31-24-9-12-27(33-13-5-4-6-14-33)29(18-24)39(35,36)32-23-7-10-25(37-3)11-8-23/h7-12,15-16,18-19,32H,4-6,13-14,17H2,1-3H3,(H,31,34). The highest BCUT2D eigenvalue weighted by molar-refractivity contribution is 7.92. The predicted octanol–water partition coefficient (Wildman–Crippen LogP) is 6.03. The van der Waals surface area contributed by atoms with Crippen molar-refractivity contribution < 1.29 is 22.4 Å². The number of ether oxygens (including phenoxy) is 1. The zero-order chi connectivity index (χ0) is 27.6. The lowest BCUT2D eigenvalue weighted by molar-refractivity contribution is -0.115. The first-order valence-corrected chi connectivity index (χ1v) is 14.5. The number of hydrogen-bond donors (Lipinski definition) is 2. The van der Waals surface area contributed by atoms with E-state index in [0.29, 0.717) is 22.8 Å². The van der Waals surface area contributed by atoms with Crippen molar-refractivity contribution in [3.05, 3.63) is 77.6 Å². The summed E-state index contributed by atoms with van der Waals surface area (Å²) in [5.41, 5.74) is 5.23. The van der Waals surface area contributed by atoms with Gasteiger partial charge < -0.3 is 19.4 Å². The third kappa shape index (κ3) is 5.88. The van der Waals surface area contributed by atoms with Gasteiger partial charge in [-0.3, -0.25) is 9.52 Å². The Labute approximate surface area is 229 Å². The number of piperidine rings is 1. The van der Waals surface area contributed by atoms with Gasteiger partial charge in [0.15, 0.2) is 0 Å². The first-order chi connectivity index (χ1) is 18.7. The van der Waals surface area contributed by atoms with Crippen molar-refractivity contribution in [3.63, 3.8) is 0 Å². The Hall–Kier alpha value is -3.98. The summed E-state index contributed by atoms with van der Waals surface area (Å²) in [6.45, 7) is 5.61. The molecule has 1 aromatic heterocycles. The fraction of sp³-hybridized carbons (Fsp3) is 0.300. The summed E-state index contributed by atoms with van der Waals surface area (Å²) in [4.78, 5) is 15.3. The fourth-order valence-electron chi connectivity index (χ4n) is 4.92. The smallest absolute Gasteiger partial charge is 0.264 e. The maximum atomic E-state index is 13.6. The van der Waals surface area contributed by atoms with Gasteiger partial charge in [0, 0.05) is 35.4 Å². The number of fused-ring (bicyclic) bond motifs is 1. The second-order valence-corrected chi connectivity index (χ2v) is 11.6. The highest BCUT2D eigenvalue weighted by Gasteiger charge is 2.25. The first-order valence-electron chi connectivity index (χ1n) is 13.1. The van der Waals surface area contributed by atoms with Gasteiger partial charge in [0.2, 0.25) is 5.91 Å². The number of sulfonamides is 1. The van der Waals surface area contributed by atoms with Gasteiger partial charge in [-0.25, -0.2) is 8.42 Å². The highest BCUT2D eigenvalue weighted by atomic mass is 32.2. The molecule has 0 spiro atoms. The summed E-state index contributed by atoms with van der Waals surface area (Å²) in [5.74, 6) is 0.375. The van der Waals surface area contributed by atoms with Gasteiger partial charge in [0.05, 0.1) is 25.5 Å². The van der Waals surface area contributed by atoms with Crippen LogP contribution in [0.15, 0.2) is 70.2 Å². The predicted molar refractivity (Wildman–Crippen MR) is 154 cm³/mol. The topological polar surface area (TPSA) is 101 Å². The average Bonchev–Trinajstić information content (AvgIpc) is 3.30. The summed E-state index contributed by atoms with van der Waals surface area (Å²) >= 11 is 0. The number of nitrogens with one attached hydrogen (secondary N) is 2. The van der Waals surface area contributed by atoms with E-state index in [9.17, 15) is 13.2 Å². The van der Waals surface area contributed by atoms with Gasteiger partial charge in [-0.2, -0.15) is 0 Å². The van der Waals surface area contributed by atoms with Crippen LogP contribution >= 0.6 is 0 Å². The van der Waals surface area contributed by atoms with E-state index in [1.165, 1.54) is 6.07 Å². The van der Waals surface area contributed by atoms with Gasteiger partial charge >= 0.3 is 0 Å². The number of carbonyl (C=O) groups excluding carboxylic acids is 1. The molecule has 0 unspecified atom stereocenters. The van der Waals surface area contributed by atoms with Crippen LogP contribution in [-0.2, 0) is 21.2 Å². The van der Waals surface area contributed by atoms with Gasteiger partial charge in [-0.05, 0) is 98.8 Å². The number of furan rings is 1. The van der Waals surface area contributed by atoms with Gasteiger partial charge in [0.25, 0.3) is 10.0 Å². The van der Waals surface area contributed by atoms with Crippen molar-refractivity contribution in [2.45, 2.75) is 44.4 Å². The summed E-state index contributed by atoms with van der Waals surface area (Å²) < 4.78 is 40.8. The van der Waals surface area contributed by atoms with Crippen LogP contribution in [-0.4, -0.2) is 34.5 Å². The lowest BCUT2D eigenvalue weighted by Gasteiger charge is -2.30. The van der Waals surface area contributed by atoms with E-state index in [1.54, 1.807) is 49.8 Å². The number of nitrogens with zero attached hydrogens (tertiary/aromatic N) is 1. The molecule has 5 rings (SSSR count). The van der Waals surface area contributed by atoms with E-state index < -0.39 is 10.0 Å². The Balaban J connectivity index is 1.42. The molecule has 0 bridgehead atoms. The second-order valence-electron chi connectivity index (χ2n) is 9.98. The Morgan fingerprint density at radius 2 is 1.64 bits per heavy atom. The van der Waals surface area contributed by atoms with Crippen LogP contribution in [0.3, 0.4) is 0 Å². The third-order valence-corrected chi connectivity index (χ3v) is 8.60. The molecule has 0 radical (unpaired) electrons. The molecule has 8 nitrogen and oxygen atoms in total. The fourth-order valence-corrected chi connectivity index (χ4v) is 6.23. The largest absolute Gasteiger partial charge is 0.497 e. The molecule has 1 saturated heterocycles. The molecule has 2 N–H and O–H groups in total. The van der Waals surface area contributed by atoms with Crippen molar-refractivity contribution in [2.24, 2.45) is 0 Å². The van der Waals surface area contributed by atoms with E-state index in [0.717, 1.165) is 60.0 Å². The Morgan fingerprint density at radius 3 is 2.36 bits per heavy atom. The maximum absolute atomic E-state index is 13.6.